The molecule has 3 aromatic rings. The Morgan fingerprint density at radius 1 is 0.850 bits per heavy atom. The second-order valence-corrected chi connectivity index (χ2v) is 13.6. The van der Waals surface area contributed by atoms with Crippen LogP contribution in [-0.4, -0.2) is 43.3 Å². The number of carbonyl (C=O) groups excluding carboxylic acids is 2. The molecule has 0 saturated carbocycles. The molecule has 3 aromatic carbocycles. The smallest absolute Gasteiger partial charge is 0.264 e. The van der Waals surface area contributed by atoms with E-state index in [0.29, 0.717) is 15.6 Å². The highest BCUT2D eigenvalue weighted by molar-refractivity contribution is 7.92. The lowest BCUT2D eigenvalue weighted by Gasteiger charge is -2.34. The number of anilines is 1. The quantitative estimate of drug-likeness (QED) is 0.277. The molecule has 7 nitrogen and oxygen atoms in total. The second kappa shape index (κ2) is 13.0. The van der Waals surface area contributed by atoms with Crippen molar-refractivity contribution >= 4 is 73.9 Å². The maximum Gasteiger partial charge on any atom is 0.264 e. The van der Waals surface area contributed by atoms with Crippen LogP contribution in [0.25, 0.3) is 0 Å². The largest absolute Gasteiger partial charge is 0.350 e. The highest BCUT2D eigenvalue weighted by atomic mass is 35.5. The van der Waals surface area contributed by atoms with Crippen LogP contribution in [0.4, 0.5) is 5.69 Å². The first-order chi connectivity index (χ1) is 18.6. The first-order valence-electron chi connectivity index (χ1n) is 12.2. The molecule has 3 rings (SSSR count). The summed E-state index contributed by atoms with van der Waals surface area (Å²) in [5.74, 6) is -1.10. The summed E-state index contributed by atoms with van der Waals surface area (Å²) in [4.78, 5) is 28.4. The van der Waals surface area contributed by atoms with Crippen molar-refractivity contribution in [2.75, 3.05) is 10.8 Å². The van der Waals surface area contributed by atoms with Gasteiger partial charge < -0.3 is 10.2 Å². The Balaban J connectivity index is 2.09. The lowest BCUT2D eigenvalue weighted by Crippen LogP contribution is -2.54. The maximum absolute atomic E-state index is 14.0. The van der Waals surface area contributed by atoms with Gasteiger partial charge in [-0.2, -0.15) is 0 Å². The van der Waals surface area contributed by atoms with Gasteiger partial charge in [0, 0.05) is 27.7 Å². The molecular weight excluding hydrogens is 616 g/mol. The zero-order valence-corrected chi connectivity index (χ0v) is 26.1. The van der Waals surface area contributed by atoms with Crippen molar-refractivity contribution < 1.29 is 18.0 Å². The Labute approximate surface area is 255 Å². The van der Waals surface area contributed by atoms with Crippen LogP contribution < -0.4 is 9.62 Å². The average Bonchev–Trinajstić information content (AvgIpc) is 2.88. The molecule has 0 bridgehead atoms. The van der Waals surface area contributed by atoms with E-state index in [2.05, 4.69) is 5.32 Å². The van der Waals surface area contributed by atoms with Crippen molar-refractivity contribution in [2.45, 2.75) is 50.7 Å². The minimum atomic E-state index is -4.24. The van der Waals surface area contributed by atoms with Gasteiger partial charge in [0.05, 0.1) is 20.6 Å². The van der Waals surface area contributed by atoms with Crippen molar-refractivity contribution in [3.8, 4) is 0 Å². The summed E-state index contributed by atoms with van der Waals surface area (Å²) in [6.45, 7) is 6.20. The van der Waals surface area contributed by atoms with Gasteiger partial charge >= 0.3 is 0 Å². The SMILES string of the molecule is C[C@H](C(=O)NC(C)(C)C)N(Cc1c(Cl)cccc1Cl)C(=O)CN(c1ccc(Cl)c(Cl)c1)S(=O)(=O)c1ccccc1. The molecule has 0 unspecified atom stereocenters. The third-order valence-electron chi connectivity index (χ3n) is 5.86. The van der Waals surface area contributed by atoms with E-state index in [1.54, 1.807) is 43.3 Å². The van der Waals surface area contributed by atoms with Crippen LogP contribution in [-0.2, 0) is 26.2 Å². The summed E-state index contributed by atoms with van der Waals surface area (Å²) in [6, 6.07) is 15.8. The molecule has 0 spiro atoms. The number of carbonyl (C=O) groups is 2. The Kier molecular flexibility index (Phi) is 10.4. The number of nitrogens with one attached hydrogen (secondary N) is 1. The fourth-order valence-electron chi connectivity index (χ4n) is 3.80. The molecule has 0 saturated heterocycles. The standard InChI is InChI=1S/C28H29Cl4N3O4S/c1-18(27(37)33-28(2,3)4)34(16-21-22(29)11-8-12-23(21)30)26(36)17-35(19-13-14-24(31)25(32)15-19)40(38,39)20-9-6-5-7-10-20/h5-15,18H,16-17H2,1-4H3,(H,33,37)/t18-/m1/s1. The Morgan fingerprint density at radius 3 is 2.00 bits per heavy atom. The van der Waals surface area contributed by atoms with Crippen LogP contribution in [0.15, 0.2) is 71.6 Å². The van der Waals surface area contributed by atoms with E-state index in [0.717, 1.165) is 4.31 Å². The van der Waals surface area contributed by atoms with E-state index in [-0.39, 0.29) is 27.2 Å². The number of sulfonamides is 1. The molecule has 0 radical (unpaired) electrons. The number of nitrogens with zero attached hydrogens (tertiary/aromatic N) is 2. The number of benzene rings is 3. The summed E-state index contributed by atoms with van der Waals surface area (Å²) < 4.78 is 28.5. The van der Waals surface area contributed by atoms with Crippen molar-refractivity contribution in [1.29, 1.82) is 0 Å². The van der Waals surface area contributed by atoms with Gasteiger partial charge in [-0.1, -0.05) is 70.7 Å². The van der Waals surface area contributed by atoms with Gasteiger partial charge in [-0.25, -0.2) is 8.42 Å². The molecular formula is C28H29Cl4N3O4S. The zero-order chi connectivity index (χ0) is 29.8. The first kappa shape index (κ1) is 32.0. The Bertz CT molecular complexity index is 1470. The lowest BCUT2D eigenvalue weighted by molar-refractivity contribution is -0.140. The van der Waals surface area contributed by atoms with E-state index in [1.165, 1.54) is 35.2 Å². The second-order valence-electron chi connectivity index (χ2n) is 10.1. The first-order valence-corrected chi connectivity index (χ1v) is 15.1. The highest BCUT2D eigenvalue weighted by Crippen LogP contribution is 2.31. The number of hydrogen-bond donors (Lipinski definition) is 1. The summed E-state index contributed by atoms with van der Waals surface area (Å²) in [5, 5.41) is 3.79. The lowest BCUT2D eigenvalue weighted by atomic mass is 10.1. The van der Waals surface area contributed by atoms with Crippen molar-refractivity contribution in [2.24, 2.45) is 0 Å². The summed E-state index contributed by atoms with van der Waals surface area (Å²) in [5.41, 5.74) is -0.0408. The Morgan fingerprint density at radius 2 is 1.45 bits per heavy atom. The Hall–Kier alpha value is -2.49. The molecule has 0 aliphatic rings. The van der Waals surface area contributed by atoms with Gasteiger partial charge in [-0.15, -0.1) is 0 Å². The van der Waals surface area contributed by atoms with Gasteiger partial charge in [-0.05, 0) is 70.2 Å². The highest BCUT2D eigenvalue weighted by Gasteiger charge is 2.34. The van der Waals surface area contributed by atoms with Crippen LogP contribution in [0.3, 0.4) is 0 Å². The molecule has 0 aromatic heterocycles. The molecule has 0 fully saturated rings. The third kappa shape index (κ3) is 7.83. The molecule has 0 aliphatic heterocycles. The molecule has 0 aliphatic carbocycles. The number of hydrogen-bond acceptors (Lipinski definition) is 4. The number of halogens is 4. The predicted octanol–water partition coefficient (Wildman–Crippen LogP) is 6.83. The van der Waals surface area contributed by atoms with E-state index in [9.17, 15) is 18.0 Å². The fraction of sp³-hybridized carbons (Fsp3) is 0.286. The molecule has 1 atom stereocenters. The van der Waals surface area contributed by atoms with E-state index < -0.39 is 40.0 Å². The van der Waals surface area contributed by atoms with Crippen LogP contribution >= 0.6 is 46.4 Å². The van der Waals surface area contributed by atoms with Crippen molar-refractivity contribution in [3.05, 3.63) is 92.4 Å². The normalized spacial score (nSPS) is 12.5. The average molecular weight is 645 g/mol. The van der Waals surface area contributed by atoms with Crippen LogP contribution in [0.2, 0.25) is 20.1 Å². The summed E-state index contributed by atoms with van der Waals surface area (Å²) in [6.07, 6.45) is 0. The van der Waals surface area contributed by atoms with Crippen LogP contribution in [0.5, 0.6) is 0 Å². The van der Waals surface area contributed by atoms with Crippen molar-refractivity contribution in [1.82, 2.24) is 10.2 Å². The minimum absolute atomic E-state index is 0.0342. The van der Waals surface area contributed by atoms with E-state index in [4.69, 9.17) is 46.4 Å². The molecule has 2 amide bonds. The summed E-state index contributed by atoms with van der Waals surface area (Å²) >= 11 is 25.1. The van der Waals surface area contributed by atoms with Gasteiger partial charge in [-0.3, -0.25) is 13.9 Å². The molecule has 0 heterocycles. The molecule has 214 valence electrons. The predicted molar refractivity (Wildman–Crippen MR) is 162 cm³/mol. The topological polar surface area (TPSA) is 86.8 Å². The van der Waals surface area contributed by atoms with E-state index in [1.807, 2.05) is 20.8 Å². The van der Waals surface area contributed by atoms with Crippen molar-refractivity contribution in [3.63, 3.8) is 0 Å². The fourth-order valence-corrected chi connectivity index (χ4v) is 6.04. The maximum atomic E-state index is 14.0. The minimum Gasteiger partial charge on any atom is -0.350 e. The molecule has 12 heteroatoms. The van der Waals surface area contributed by atoms with Gasteiger partial charge in [0.15, 0.2) is 0 Å². The van der Waals surface area contributed by atoms with Gasteiger partial charge in [0.25, 0.3) is 10.0 Å². The number of rotatable bonds is 9. The van der Waals surface area contributed by atoms with Crippen LogP contribution in [0.1, 0.15) is 33.3 Å². The summed E-state index contributed by atoms with van der Waals surface area (Å²) in [7, 11) is -4.24. The van der Waals surface area contributed by atoms with Crippen LogP contribution in [0, 0.1) is 0 Å². The van der Waals surface area contributed by atoms with Gasteiger partial charge in [0.1, 0.15) is 12.6 Å². The van der Waals surface area contributed by atoms with Gasteiger partial charge in [0.2, 0.25) is 11.8 Å². The third-order valence-corrected chi connectivity index (χ3v) is 9.09. The molecule has 1 N–H and O–H groups in total. The zero-order valence-electron chi connectivity index (χ0n) is 22.3. The number of amides is 2. The van der Waals surface area contributed by atoms with E-state index >= 15 is 0 Å². The monoisotopic (exact) mass is 643 g/mol. The molecule has 40 heavy (non-hydrogen) atoms.